The third-order valence-electron chi connectivity index (χ3n) is 6.19. The van der Waals surface area contributed by atoms with E-state index in [1.165, 1.54) is 5.56 Å². The fourth-order valence-corrected chi connectivity index (χ4v) is 4.81. The zero-order valence-corrected chi connectivity index (χ0v) is 19.9. The first-order chi connectivity index (χ1) is 16.2. The van der Waals surface area contributed by atoms with E-state index in [1.807, 2.05) is 76.4 Å². The SMILES string of the molecule is CC1=C([C@H](OC(C)(C)C)C(=O)O)C(c2ccc3c4c(ccnc24)CCO3)=c2ccccc2=NC1. The number of pyridine rings is 1. The lowest BCUT2D eigenvalue weighted by molar-refractivity contribution is -0.155. The Labute approximate surface area is 198 Å². The molecule has 6 heteroatoms. The van der Waals surface area contributed by atoms with Crippen LogP contribution in [0.5, 0.6) is 5.75 Å². The van der Waals surface area contributed by atoms with Gasteiger partial charge in [-0.1, -0.05) is 18.2 Å². The van der Waals surface area contributed by atoms with Crippen LogP contribution in [-0.4, -0.2) is 40.9 Å². The summed E-state index contributed by atoms with van der Waals surface area (Å²) >= 11 is 0. The van der Waals surface area contributed by atoms with Gasteiger partial charge < -0.3 is 14.6 Å². The van der Waals surface area contributed by atoms with Crippen LogP contribution in [0.25, 0.3) is 16.5 Å². The van der Waals surface area contributed by atoms with Crippen molar-refractivity contribution >= 4 is 22.4 Å². The molecule has 6 nitrogen and oxygen atoms in total. The van der Waals surface area contributed by atoms with Crippen LogP contribution in [0, 0.1) is 0 Å². The maximum atomic E-state index is 12.6. The number of carbonyl (C=O) groups is 1. The van der Waals surface area contributed by atoms with Crippen molar-refractivity contribution in [1.29, 1.82) is 0 Å². The van der Waals surface area contributed by atoms with Gasteiger partial charge in [-0.15, -0.1) is 0 Å². The number of hydrogen-bond acceptors (Lipinski definition) is 5. The van der Waals surface area contributed by atoms with Gasteiger partial charge in [-0.3, -0.25) is 9.98 Å². The standard InChI is InChI=1S/C28H28N2O4/c1-16-15-30-20-8-6-5-7-18(20)24(22(16)26(27(31)32)34-28(2,3)4)19-9-10-21-23-17(12-14-33-21)11-13-29-25(19)23/h5-11,13,26H,12,14-15H2,1-4H3,(H,31,32)/t26-/m0/s1. The Hall–Kier alpha value is -3.51. The van der Waals surface area contributed by atoms with Gasteiger partial charge in [0.05, 0.1) is 29.6 Å². The van der Waals surface area contributed by atoms with Crippen molar-refractivity contribution in [3.8, 4) is 5.75 Å². The first-order valence-corrected chi connectivity index (χ1v) is 11.5. The van der Waals surface area contributed by atoms with Gasteiger partial charge in [0.2, 0.25) is 0 Å². The predicted octanol–water partition coefficient (Wildman–Crippen LogP) is 3.59. The van der Waals surface area contributed by atoms with Crippen LogP contribution in [0.1, 0.15) is 38.8 Å². The normalized spacial score (nSPS) is 16.4. The van der Waals surface area contributed by atoms with Gasteiger partial charge >= 0.3 is 5.97 Å². The summed E-state index contributed by atoms with van der Waals surface area (Å²) in [6.07, 6.45) is 1.47. The molecule has 0 amide bonds. The first kappa shape index (κ1) is 22.3. The van der Waals surface area contributed by atoms with Gasteiger partial charge in [-0.25, -0.2) is 4.79 Å². The van der Waals surface area contributed by atoms with E-state index < -0.39 is 17.7 Å². The Morgan fingerprint density at radius 2 is 1.94 bits per heavy atom. The number of nitrogens with zero attached hydrogens (tertiary/aromatic N) is 2. The molecule has 3 aromatic rings. The maximum absolute atomic E-state index is 12.6. The van der Waals surface area contributed by atoms with Gasteiger partial charge in [-0.05, 0) is 68.7 Å². The molecule has 2 aliphatic heterocycles. The highest BCUT2D eigenvalue weighted by Gasteiger charge is 2.34. The van der Waals surface area contributed by atoms with E-state index in [-0.39, 0.29) is 0 Å². The van der Waals surface area contributed by atoms with Crippen molar-refractivity contribution in [2.75, 3.05) is 13.2 Å². The fraction of sp³-hybridized carbons (Fsp3) is 0.321. The molecular formula is C28H28N2O4. The van der Waals surface area contributed by atoms with Gasteiger partial charge in [0.15, 0.2) is 6.10 Å². The molecule has 0 bridgehead atoms. The van der Waals surface area contributed by atoms with Crippen LogP contribution in [0.3, 0.4) is 0 Å². The minimum absolute atomic E-state index is 0.394. The van der Waals surface area contributed by atoms with Crippen molar-refractivity contribution in [2.24, 2.45) is 4.99 Å². The summed E-state index contributed by atoms with van der Waals surface area (Å²) in [4.78, 5) is 22.2. The quantitative estimate of drug-likeness (QED) is 0.649. The second-order valence-corrected chi connectivity index (χ2v) is 9.75. The van der Waals surface area contributed by atoms with Crippen LogP contribution in [0.2, 0.25) is 0 Å². The van der Waals surface area contributed by atoms with Crippen molar-refractivity contribution in [3.05, 3.63) is 81.5 Å². The summed E-state index contributed by atoms with van der Waals surface area (Å²) in [6.45, 7) is 8.58. The number of rotatable bonds is 4. The number of carboxylic acid groups (broad SMARTS) is 1. The molecule has 1 aromatic heterocycles. The van der Waals surface area contributed by atoms with Gasteiger partial charge in [0, 0.05) is 34.4 Å². The van der Waals surface area contributed by atoms with Crippen LogP contribution in [0.15, 0.2) is 64.8 Å². The van der Waals surface area contributed by atoms with Crippen molar-refractivity contribution in [3.63, 3.8) is 0 Å². The Bertz CT molecular complexity index is 1450. The third-order valence-corrected chi connectivity index (χ3v) is 6.19. The van der Waals surface area contributed by atoms with E-state index >= 15 is 0 Å². The zero-order valence-electron chi connectivity index (χ0n) is 19.9. The summed E-state index contributed by atoms with van der Waals surface area (Å²) in [7, 11) is 0. The Balaban J connectivity index is 1.90. The predicted molar refractivity (Wildman–Crippen MR) is 131 cm³/mol. The number of para-hydroxylation sites is 1. The fourth-order valence-electron chi connectivity index (χ4n) is 4.81. The number of hydrogen-bond donors (Lipinski definition) is 1. The van der Waals surface area contributed by atoms with E-state index in [2.05, 4.69) is 0 Å². The average molecular weight is 457 g/mol. The summed E-state index contributed by atoms with van der Waals surface area (Å²) in [5, 5.41) is 13.0. The highest BCUT2D eigenvalue weighted by atomic mass is 16.5. The summed E-state index contributed by atoms with van der Waals surface area (Å²) in [5.74, 6) is -0.219. The lowest BCUT2D eigenvalue weighted by Crippen LogP contribution is -2.37. The number of carboxylic acids is 1. The monoisotopic (exact) mass is 456 g/mol. The van der Waals surface area contributed by atoms with Crippen LogP contribution in [0.4, 0.5) is 0 Å². The molecule has 0 fully saturated rings. The van der Waals surface area contributed by atoms with E-state index in [1.54, 1.807) is 0 Å². The molecule has 174 valence electrons. The van der Waals surface area contributed by atoms with E-state index in [4.69, 9.17) is 19.5 Å². The number of aliphatic carboxylic acids is 1. The molecule has 3 heterocycles. The first-order valence-electron chi connectivity index (χ1n) is 11.5. The van der Waals surface area contributed by atoms with Gasteiger partial charge in [0.1, 0.15) is 5.75 Å². The Morgan fingerprint density at radius 3 is 2.71 bits per heavy atom. The summed E-state index contributed by atoms with van der Waals surface area (Å²) in [5.41, 5.74) is 4.47. The van der Waals surface area contributed by atoms with Gasteiger partial charge in [0.25, 0.3) is 0 Å². The molecule has 0 saturated heterocycles. The van der Waals surface area contributed by atoms with Crippen molar-refractivity contribution < 1.29 is 19.4 Å². The molecule has 5 rings (SSSR count). The van der Waals surface area contributed by atoms with E-state index in [9.17, 15) is 9.90 Å². The smallest absolute Gasteiger partial charge is 0.337 e. The third kappa shape index (κ3) is 3.88. The molecule has 1 N–H and O–H groups in total. The Morgan fingerprint density at radius 1 is 1.15 bits per heavy atom. The topological polar surface area (TPSA) is 81.0 Å². The second kappa shape index (κ2) is 8.37. The minimum atomic E-state index is -1.15. The molecule has 0 radical (unpaired) electrons. The summed E-state index contributed by atoms with van der Waals surface area (Å²) in [6, 6.07) is 13.8. The highest BCUT2D eigenvalue weighted by Crippen LogP contribution is 2.39. The molecule has 0 unspecified atom stereocenters. The molecule has 34 heavy (non-hydrogen) atoms. The maximum Gasteiger partial charge on any atom is 0.337 e. The van der Waals surface area contributed by atoms with Crippen molar-refractivity contribution in [2.45, 2.75) is 45.8 Å². The number of fused-ring (bicyclic) bond motifs is 1. The zero-order chi connectivity index (χ0) is 24.0. The molecular weight excluding hydrogens is 428 g/mol. The number of benzene rings is 2. The number of ether oxygens (including phenoxy) is 2. The van der Waals surface area contributed by atoms with E-state index in [0.717, 1.165) is 50.4 Å². The highest BCUT2D eigenvalue weighted by molar-refractivity contribution is 6.01. The Kier molecular flexibility index (Phi) is 5.48. The number of aromatic nitrogens is 1. The van der Waals surface area contributed by atoms with Crippen LogP contribution >= 0.6 is 0 Å². The van der Waals surface area contributed by atoms with Crippen LogP contribution in [-0.2, 0) is 16.0 Å². The second-order valence-electron chi connectivity index (χ2n) is 9.75. The molecule has 0 aliphatic carbocycles. The molecule has 0 spiro atoms. The van der Waals surface area contributed by atoms with Crippen molar-refractivity contribution in [1.82, 2.24) is 4.98 Å². The molecule has 0 saturated carbocycles. The van der Waals surface area contributed by atoms with E-state index in [0.29, 0.717) is 18.7 Å². The van der Waals surface area contributed by atoms with Crippen LogP contribution < -0.4 is 15.3 Å². The molecule has 1 atom stereocenters. The molecule has 2 aliphatic rings. The largest absolute Gasteiger partial charge is 0.493 e. The van der Waals surface area contributed by atoms with Gasteiger partial charge in [-0.2, -0.15) is 0 Å². The minimum Gasteiger partial charge on any atom is -0.493 e. The lowest BCUT2D eigenvalue weighted by Gasteiger charge is -2.29. The lowest BCUT2D eigenvalue weighted by atomic mass is 9.86. The summed E-state index contributed by atoms with van der Waals surface area (Å²) < 4.78 is 12.1. The average Bonchev–Trinajstić information content (AvgIpc) is 2.94. The molecule has 2 aromatic carbocycles.